The Labute approximate surface area is 137 Å². The number of nitrogens with zero attached hydrogens (tertiary/aromatic N) is 4. The van der Waals surface area contributed by atoms with Crippen LogP contribution in [-0.4, -0.2) is 45.7 Å². The second-order valence-electron chi connectivity index (χ2n) is 6.73. The Morgan fingerprint density at radius 3 is 3.04 bits per heavy atom. The third kappa shape index (κ3) is 2.88. The van der Waals surface area contributed by atoms with E-state index in [1.54, 1.807) is 0 Å². The highest BCUT2D eigenvalue weighted by Crippen LogP contribution is 2.34. The number of imidazole rings is 1. The molecule has 5 nitrogen and oxygen atoms in total. The van der Waals surface area contributed by atoms with E-state index in [-0.39, 0.29) is 6.10 Å². The summed E-state index contributed by atoms with van der Waals surface area (Å²) >= 11 is 0. The second kappa shape index (κ2) is 6.57. The zero-order valence-electron chi connectivity index (χ0n) is 13.9. The third-order valence-corrected chi connectivity index (χ3v) is 5.24. The van der Waals surface area contributed by atoms with Gasteiger partial charge in [-0.3, -0.25) is 0 Å². The van der Waals surface area contributed by atoms with E-state index in [1.165, 1.54) is 32.2 Å². The van der Waals surface area contributed by atoms with Crippen LogP contribution in [0, 0.1) is 0 Å². The van der Waals surface area contributed by atoms with Crippen molar-refractivity contribution < 1.29 is 4.74 Å². The number of hydrogen-bond donors (Lipinski definition) is 0. The summed E-state index contributed by atoms with van der Waals surface area (Å²) in [5.41, 5.74) is 2.03. The SMILES string of the molecule is CCN1CCCC(n2c(C3CCCCO3)nc3cccnc32)C1. The first-order valence-corrected chi connectivity index (χ1v) is 9.03. The first-order valence-electron chi connectivity index (χ1n) is 9.03. The van der Waals surface area contributed by atoms with Crippen molar-refractivity contribution in [1.82, 2.24) is 19.4 Å². The van der Waals surface area contributed by atoms with Gasteiger partial charge in [0, 0.05) is 25.4 Å². The van der Waals surface area contributed by atoms with Gasteiger partial charge in [0.25, 0.3) is 0 Å². The molecule has 2 aliphatic heterocycles. The maximum Gasteiger partial charge on any atom is 0.160 e. The van der Waals surface area contributed by atoms with E-state index in [0.29, 0.717) is 6.04 Å². The van der Waals surface area contributed by atoms with Crippen LogP contribution in [0.25, 0.3) is 11.2 Å². The fourth-order valence-electron chi connectivity index (χ4n) is 4.01. The van der Waals surface area contributed by atoms with Gasteiger partial charge in [0.2, 0.25) is 0 Å². The van der Waals surface area contributed by atoms with E-state index in [2.05, 4.69) is 27.4 Å². The number of rotatable bonds is 3. The highest BCUT2D eigenvalue weighted by Gasteiger charge is 2.29. The molecule has 4 rings (SSSR count). The first kappa shape index (κ1) is 15.1. The minimum Gasteiger partial charge on any atom is -0.370 e. The Bertz CT molecular complexity index is 662. The number of likely N-dealkylation sites (N-methyl/N-ethyl adjacent to an activating group) is 1. The lowest BCUT2D eigenvalue weighted by molar-refractivity contribution is 0.00572. The van der Waals surface area contributed by atoms with E-state index >= 15 is 0 Å². The molecule has 5 heteroatoms. The van der Waals surface area contributed by atoms with Gasteiger partial charge < -0.3 is 14.2 Å². The van der Waals surface area contributed by atoms with Crippen LogP contribution in [0.1, 0.15) is 57.0 Å². The molecule has 0 bridgehead atoms. The highest BCUT2D eigenvalue weighted by atomic mass is 16.5. The Morgan fingerprint density at radius 1 is 1.26 bits per heavy atom. The summed E-state index contributed by atoms with van der Waals surface area (Å²) in [7, 11) is 0. The number of aromatic nitrogens is 3. The molecule has 2 saturated heterocycles. The molecule has 124 valence electrons. The van der Waals surface area contributed by atoms with Crippen LogP contribution in [0.4, 0.5) is 0 Å². The minimum absolute atomic E-state index is 0.134. The molecule has 2 fully saturated rings. The number of likely N-dealkylation sites (tertiary alicyclic amines) is 1. The Balaban J connectivity index is 1.76. The Kier molecular flexibility index (Phi) is 4.31. The zero-order chi connectivity index (χ0) is 15.6. The van der Waals surface area contributed by atoms with E-state index < -0.39 is 0 Å². The second-order valence-corrected chi connectivity index (χ2v) is 6.73. The van der Waals surface area contributed by atoms with Gasteiger partial charge in [0.1, 0.15) is 17.4 Å². The van der Waals surface area contributed by atoms with Gasteiger partial charge in [0.15, 0.2) is 5.65 Å². The zero-order valence-corrected chi connectivity index (χ0v) is 13.9. The van der Waals surface area contributed by atoms with Crippen LogP contribution in [-0.2, 0) is 4.74 Å². The molecule has 2 aromatic heterocycles. The van der Waals surface area contributed by atoms with Crippen molar-refractivity contribution >= 4 is 11.2 Å². The van der Waals surface area contributed by atoms with Gasteiger partial charge in [-0.15, -0.1) is 0 Å². The molecular formula is C18H26N4O. The van der Waals surface area contributed by atoms with Gasteiger partial charge in [0.05, 0.1) is 0 Å². The predicted octanol–water partition coefficient (Wildman–Crippen LogP) is 3.33. The van der Waals surface area contributed by atoms with Crippen molar-refractivity contribution in [3.63, 3.8) is 0 Å². The molecule has 0 saturated carbocycles. The fourth-order valence-corrected chi connectivity index (χ4v) is 4.01. The molecule has 0 amide bonds. The maximum atomic E-state index is 6.05. The molecular weight excluding hydrogens is 288 g/mol. The number of hydrogen-bond acceptors (Lipinski definition) is 4. The van der Waals surface area contributed by atoms with Gasteiger partial charge in [-0.05, 0) is 57.3 Å². The summed E-state index contributed by atoms with van der Waals surface area (Å²) in [5, 5.41) is 0. The average Bonchev–Trinajstić information content (AvgIpc) is 3.02. The molecule has 2 aromatic rings. The average molecular weight is 314 g/mol. The number of piperidine rings is 1. The highest BCUT2D eigenvalue weighted by molar-refractivity contribution is 5.71. The van der Waals surface area contributed by atoms with Crippen molar-refractivity contribution in [2.24, 2.45) is 0 Å². The summed E-state index contributed by atoms with van der Waals surface area (Å²) in [5.74, 6) is 1.10. The molecule has 2 aliphatic rings. The fraction of sp³-hybridized carbons (Fsp3) is 0.667. The molecule has 2 unspecified atom stereocenters. The standard InChI is InChI=1S/C18H26N4O/c1-2-21-11-6-7-14(13-21)22-17-15(8-5-10-19-17)20-18(22)16-9-3-4-12-23-16/h5,8,10,14,16H,2-4,6-7,9,11-13H2,1H3. The lowest BCUT2D eigenvalue weighted by Gasteiger charge is -2.34. The molecule has 2 atom stereocenters. The van der Waals surface area contributed by atoms with E-state index in [9.17, 15) is 0 Å². The lowest BCUT2D eigenvalue weighted by Crippen LogP contribution is -2.37. The molecule has 0 aliphatic carbocycles. The van der Waals surface area contributed by atoms with Gasteiger partial charge in [-0.1, -0.05) is 6.92 Å². The Hall–Kier alpha value is -1.46. The molecule has 4 heterocycles. The van der Waals surface area contributed by atoms with Crippen LogP contribution >= 0.6 is 0 Å². The summed E-state index contributed by atoms with van der Waals surface area (Å²) in [4.78, 5) is 12.1. The smallest absolute Gasteiger partial charge is 0.160 e. The van der Waals surface area contributed by atoms with Crippen LogP contribution in [0.2, 0.25) is 0 Å². The van der Waals surface area contributed by atoms with Crippen molar-refractivity contribution in [1.29, 1.82) is 0 Å². The Morgan fingerprint density at radius 2 is 2.22 bits per heavy atom. The molecule has 0 aromatic carbocycles. The summed E-state index contributed by atoms with van der Waals surface area (Å²) in [6.07, 6.45) is 7.94. The molecule has 0 spiro atoms. The minimum atomic E-state index is 0.134. The number of fused-ring (bicyclic) bond motifs is 1. The normalized spacial score (nSPS) is 26.7. The molecule has 23 heavy (non-hydrogen) atoms. The van der Waals surface area contributed by atoms with Crippen molar-refractivity contribution in [2.75, 3.05) is 26.2 Å². The quantitative estimate of drug-likeness (QED) is 0.871. The predicted molar refractivity (Wildman–Crippen MR) is 90.5 cm³/mol. The summed E-state index contributed by atoms with van der Waals surface area (Å²) < 4.78 is 8.45. The van der Waals surface area contributed by atoms with Gasteiger partial charge >= 0.3 is 0 Å². The van der Waals surface area contributed by atoms with Crippen molar-refractivity contribution in [2.45, 2.75) is 51.2 Å². The van der Waals surface area contributed by atoms with Crippen molar-refractivity contribution in [3.05, 3.63) is 24.2 Å². The van der Waals surface area contributed by atoms with Crippen LogP contribution < -0.4 is 0 Å². The maximum absolute atomic E-state index is 6.05. The largest absolute Gasteiger partial charge is 0.370 e. The van der Waals surface area contributed by atoms with Crippen LogP contribution in [0.3, 0.4) is 0 Å². The van der Waals surface area contributed by atoms with E-state index in [4.69, 9.17) is 9.72 Å². The van der Waals surface area contributed by atoms with E-state index in [0.717, 1.165) is 43.1 Å². The van der Waals surface area contributed by atoms with Crippen LogP contribution in [0.15, 0.2) is 18.3 Å². The molecule has 0 N–H and O–H groups in total. The van der Waals surface area contributed by atoms with Gasteiger partial charge in [-0.25, -0.2) is 9.97 Å². The first-order chi connectivity index (χ1) is 11.4. The third-order valence-electron chi connectivity index (χ3n) is 5.24. The summed E-state index contributed by atoms with van der Waals surface area (Å²) in [6, 6.07) is 4.51. The van der Waals surface area contributed by atoms with Crippen molar-refractivity contribution in [3.8, 4) is 0 Å². The monoisotopic (exact) mass is 314 g/mol. The van der Waals surface area contributed by atoms with Crippen LogP contribution in [0.5, 0.6) is 0 Å². The van der Waals surface area contributed by atoms with Gasteiger partial charge in [-0.2, -0.15) is 0 Å². The molecule has 0 radical (unpaired) electrons. The topological polar surface area (TPSA) is 43.2 Å². The summed E-state index contributed by atoms with van der Waals surface area (Å²) in [6.45, 7) is 6.53. The number of pyridine rings is 1. The van der Waals surface area contributed by atoms with E-state index in [1.807, 2.05) is 12.3 Å². The lowest BCUT2D eigenvalue weighted by atomic mass is 10.0. The number of ether oxygens (including phenoxy) is 1.